The maximum absolute atomic E-state index is 13.9. The van der Waals surface area contributed by atoms with Gasteiger partial charge in [0.2, 0.25) is 11.7 Å². The fourth-order valence-electron chi connectivity index (χ4n) is 4.07. The highest BCUT2D eigenvalue weighted by Gasteiger charge is 2.41. The van der Waals surface area contributed by atoms with Gasteiger partial charge in [-0.2, -0.15) is 13.2 Å². The number of unbranched alkanes of at least 4 members (excludes halogenated alkanes) is 1. The molecule has 204 valence electrons. The number of aromatic nitrogens is 2. The van der Waals surface area contributed by atoms with E-state index >= 15 is 0 Å². The van der Waals surface area contributed by atoms with Crippen LogP contribution in [0.5, 0.6) is 0 Å². The molecule has 1 aliphatic rings. The van der Waals surface area contributed by atoms with E-state index in [2.05, 4.69) is 10.4 Å². The summed E-state index contributed by atoms with van der Waals surface area (Å²) >= 11 is 0. The molecule has 0 fully saturated rings. The molecule has 1 aliphatic heterocycles. The van der Waals surface area contributed by atoms with Gasteiger partial charge in [-0.05, 0) is 24.5 Å². The van der Waals surface area contributed by atoms with Crippen LogP contribution in [-0.4, -0.2) is 50.7 Å². The highest BCUT2D eigenvalue weighted by Crippen LogP contribution is 2.35. The summed E-state index contributed by atoms with van der Waals surface area (Å²) in [4.78, 5) is 29.1. The lowest BCUT2D eigenvalue weighted by molar-refractivity contribution is -0.148. The molecule has 15 heteroatoms. The molecule has 3 rings (SSSR count). The summed E-state index contributed by atoms with van der Waals surface area (Å²) in [5, 5.41) is 10.2. The van der Waals surface area contributed by atoms with Crippen LogP contribution >= 0.6 is 0 Å². The average molecular weight is 536 g/mol. The van der Waals surface area contributed by atoms with Gasteiger partial charge in [-0.1, -0.05) is 13.3 Å². The van der Waals surface area contributed by atoms with Crippen molar-refractivity contribution in [2.45, 2.75) is 57.9 Å². The molecule has 1 aromatic heterocycles. The number of imidazole rings is 1. The van der Waals surface area contributed by atoms with Crippen LogP contribution in [0.15, 0.2) is 12.1 Å². The van der Waals surface area contributed by atoms with Crippen molar-refractivity contribution in [2.24, 2.45) is 5.73 Å². The molecular weight excluding hydrogens is 510 g/mol. The maximum Gasteiger partial charge on any atom is 0.449 e. The van der Waals surface area contributed by atoms with Crippen molar-refractivity contribution < 1.29 is 41.0 Å². The number of hydrogen-bond acceptors (Lipinski definition) is 5. The molecule has 0 saturated heterocycles. The minimum Gasteiger partial charge on any atom is -0.464 e. The third-order valence-corrected chi connectivity index (χ3v) is 5.82. The van der Waals surface area contributed by atoms with Gasteiger partial charge in [0.05, 0.1) is 12.2 Å². The number of nitrogens with zero attached hydrogens (tertiary/aromatic N) is 4. The SMILES string of the molecule is CCCCN(NC(=O)O)c1nc(C(F)(F)F)n2c1CN(C(=O)C[C@H](N)Cc1cc(F)c(F)cc1F)CC2. The van der Waals surface area contributed by atoms with Crippen molar-refractivity contribution in [1.29, 1.82) is 0 Å². The first kappa shape index (κ1) is 28.1. The molecule has 2 aromatic rings. The van der Waals surface area contributed by atoms with Crippen LogP contribution in [0.25, 0.3) is 0 Å². The predicted molar refractivity (Wildman–Crippen MR) is 119 cm³/mol. The lowest BCUT2D eigenvalue weighted by Gasteiger charge is -2.31. The van der Waals surface area contributed by atoms with Gasteiger partial charge in [0, 0.05) is 38.2 Å². The number of carbonyl (C=O) groups excluding carboxylic acids is 1. The van der Waals surface area contributed by atoms with Crippen LogP contribution in [0.4, 0.5) is 37.0 Å². The fraction of sp³-hybridized carbons (Fsp3) is 0.500. The third kappa shape index (κ3) is 6.64. The minimum atomic E-state index is -4.82. The molecule has 0 spiro atoms. The van der Waals surface area contributed by atoms with E-state index in [0.717, 1.165) is 9.58 Å². The zero-order valence-electron chi connectivity index (χ0n) is 19.8. The quantitative estimate of drug-likeness (QED) is 0.257. The van der Waals surface area contributed by atoms with Crippen molar-refractivity contribution >= 4 is 17.8 Å². The Kier molecular flexibility index (Phi) is 8.56. The summed E-state index contributed by atoms with van der Waals surface area (Å²) in [6.07, 6.45) is -5.87. The lowest BCUT2D eigenvalue weighted by atomic mass is 10.0. The van der Waals surface area contributed by atoms with Crippen molar-refractivity contribution in [3.63, 3.8) is 0 Å². The van der Waals surface area contributed by atoms with Gasteiger partial charge >= 0.3 is 12.3 Å². The summed E-state index contributed by atoms with van der Waals surface area (Å²) in [5.41, 5.74) is 7.75. The van der Waals surface area contributed by atoms with Gasteiger partial charge in [-0.25, -0.2) is 28.4 Å². The molecule has 0 bridgehead atoms. The number of nitrogens with one attached hydrogen (secondary N) is 1. The van der Waals surface area contributed by atoms with Crippen molar-refractivity contribution in [1.82, 2.24) is 19.9 Å². The van der Waals surface area contributed by atoms with Crippen LogP contribution in [0.1, 0.15) is 43.3 Å². The van der Waals surface area contributed by atoms with Gasteiger partial charge in [0.1, 0.15) is 5.82 Å². The van der Waals surface area contributed by atoms with Crippen molar-refractivity contribution in [3.05, 3.63) is 46.7 Å². The second kappa shape index (κ2) is 11.3. The first-order valence-corrected chi connectivity index (χ1v) is 11.4. The number of benzene rings is 1. The number of carboxylic acid groups (broad SMARTS) is 1. The Morgan fingerprint density at radius 3 is 2.49 bits per heavy atom. The van der Waals surface area contributed by atoms with Crippen LogP contribution in [0, 0.1) is 17.5 Å². The smallest absolute Gasteiger partial charge is 0.449 e. The molecular formula is C22H26F6N6O3. The Morgan fingerprint density at radius 1 is 1.19 bits per heavy atom. The van der Waals surface area contributed by atoms with E-state index in [0.29, 0.717) is 25.0 Å². The van der Waals surface area contributed by atoms with Crippen LogP contribution < -0.4 is 16.2 Å². The summed E-state index contributed by atoms with van der Waals surface area (Å²) in [7, 11) is 0. The first-order chi connectivity index (χ1) is 17.3. The Hall–Kier alpha value is -3.49. The second-order valence-electron chi connectivity index (χ2n) is 8.62. The van der Waals surface area contributed by atoms with E-state index in [1.807, 2.05) is 6.92 Å². The highest BCUT2D eigenvalue weighted by atomic mass is 19.4. The number of amides is 2. The van der Waals surface area contributed by atoms with E-state index < -0.39 is 47.5 Å². The van der Waals surface area contributed by atoms with Crippen molar-refractivity contribution in [3.8, 4) is 0 Å². The molecule has 0 aliphatic carbocycles. The number of nitrogens with two attached hydrogens (primary N) is 1. The summed E-state index contributed by atoms with van der Waals surface area (Å²) in [5.74, 6) is -5.71. The van der Waals surface area contributed by atoms with E-state index in [-0.39, 0.29) is 56.1 Å². The molecule has 0 unspecified atom stereocenters. The van der Waals surface area contributed by atoms with E-state index in [9.17, 15) is 35.9 Å². The zero-order chi connectivity index (χ0) is 27.5. The van der Waals surface area contributed by atoms with Crippen molar-refractivity contribution in [2.75, 3.05) is 18.1 Å². The molecule has 37 heavy (non-hydrogen) atoms. The Balaban J connectivity index is 1.82. The molecule has 0 radical (unpaired) electrons. The van der Waals surface area contributed by atoms with Crippen LogP contribution in [-0.2, 0) is 30.5 Å². The number of hydrogen-bond donors (Lipinski definition) is 3. The Bertz CT molecular complexity index is 1150. The number of carbonyl (C=O) groups is 2. The number of halogens is 6. The molecule has 1 aromatic carbocycles. The van der Waals surface area contributed by atoms with Crippen LogP contribution in [0.2, 0.25) is 0 Å². The van der Waals surface area contributed by atoms with Gasteiger partial charge in [0.15, 0.2) is 17.5 Å². The zero-order valence-corrected chi connectivity index (χ0v) is 19.8. The van der Waals surface area contributed by atoms with Gasteiger partial charge in [-0.3, -0.25) is 9.80 Å². The molecule has 2 amide bonds. The van der Waals surface area contributed by atoms with E-state index in [1.165, 1.54) is 4.90 Å². The largest absolute Gasteiger partial charge is 0.464 e. The first-order valence-electron chi connectivity index (χ1n) is 11.4. The van der Waals surface area contributed by atoms with E-state index in [4.69, 9.17) is 10.8 Å². The van der Waals surface area contributed by atoms with Gasteiger partial charge in [0.25, 0.3) is 0 Å². The Morgan fingerprint density at radius 2 is 1.86 bits per heavy atom. The number of fused-ring (bicyclic) bond motifs is 1. The fourth-order valence-corrected chi connectivity index (χ4v) is 4.07. The standard InChI is InChI=1S/C22H26F6N6O3/c1-2-3-4-34(31-21(36)37)19-17-11-32(5-6-33(17)20(30-19)22(26,27)28)18(35)9-13(29)7-12-8-15(24)16(25)10-14(12)23/h8,10,13,31H,2-7,9,11,29H2,1H3,(H,36,37)/t13-/m1/s1. The second-order valence-corrected chi connectivity index (χ2v) is 8.62. The highest BCUT2D eigenvalue weighted by molar-refractivity contribution is 5.77. The molecule has 9 nitrogen and oxygen atoms in total. The molecule has 1 atom stereocenters. The third-order valence-electron chi connectivity index (χ3n) is 5.82. The number of anilines is 1. The Labute approximate surface area is 207 Å². The number of alkyl halides is 3. The monoisotopic (exact) mass is 536 g/mol. The van der Waals surface area contributed by atoms with Gasteiger partial charge in [-0.15, -0.1) is 0 Å². The van der Waals surface area contributed by atoms with Crippen LogP contribution in [0.3, 0.4) is 0 Å². The van der Waals surface area contributed by atoms with E-state index in [1.54, 1.807) is 0 Å². The average Bonchev–Trinajstić information content (AvgIpc) is 3.19. The lowest BCUT2D eigenvalue weighted by Crippen LogP contribution is -2.45. The summed E-state index contributed by atoms with van der Waals surface area (Å²) in [6.45, 7) is 1.18. The van der Waals surface area contributed by atoms with Gasteiger partial charge < -0.3 is 20.3 Å². The molecule has 0 saturated carbocycles. The predicted octanol–water partition coefficient (Wildman–Crippen LogP) is 3.41. The number of hydrazine groups is 1. The minimum absolute atomic E-state index is 0.0167. The summed E-state index contributed by atoms with van der Waals surface area (Å²) in [6, 6.07) is 0.0404. The summed E-state index contributed by atoms with van der Waals surface area (Å²) < 4.78 is 82.5. The topological polar surface area (TPSA) is 117 Å². The molecule has 2 heterocycles. The molecule has 4 N–H and O–H groups in total. The normalized spacial score (nSPS) is 14.3. The maximum atomic E-state index is 13.9. The number of rotatable bonds is 9.